The zero-order valence-electron chi connectivity index (χ0n) is 7.89. The summed E-state index contributed by atoms with van der Waals surface area (Å²) in [6.07, 6.45) is 3.68. The zero-order valence-corrected chi connectivity index (χ0v) is 9.41. The van der Waals surface area contributed by atoms with Gasteiger partial charge in [-0.1, -0.05) is 41.8 Å². The quantitative estimate of drug-likeness (QED) is 0.773. The molecular formula is C11H13Cl2N. The van der Waals surface area contributed by atoms with E-state index in [-0.39, 0.29) is 0 Å². The average Bonchev–Trinajstić information content (AvgIpc) is 2.23. The highest BCUT2D eigenvalue weighted by molar-refractivity contribution is 6.42. The number of hydrogen-bond donors (Lipinski definition) is 1. The van der Waals surface area contributed by atoms with Crippen LogP contribution in [-0.4, -0.2) is 6.54 Å². The van der Waals surface area contributed by atoms with E-state index in [0.717, 1.165) is 18.5 Å². The highest BCUT2D eigenvalue weighted by Gasteiger charge is 2.17. The van der Waals surface area contributed by atoms with E-state index in [9.17, 15) is 0 Å². The van der Waals surface area contributed by atoms with Crippen LogP contribution >= 0.6 is 23.2 Å². The van der Waals surface area contributed by atoms with Crippen LogP contribution in [0.5, 0.6) is 0 Å². The van der Waals surface area contributed by atoms with E-state index in [4.69, 9.17) is 23.2 Å². The van der Waals surface area contributed by atoms with Crippen molar-refractivity contribution in [3.05, 3.63) is 33.8 Å². The normalized spacial score (nSPS) is 22.3. The summed E-state index contributed by atoms with van der Waals surface area (Å²) < 4.78 is 0. The topological polar surface area (TPSA) is 12.0 Å². The molecule has 0 radical (unpaired) electrons. The van der Waals surface area contributed by atoms with Crippen LogP contribution in [0, 0.1) is 0 Å². The van der Waals surface area contributed by atoms with Gasteiger partial charge in [0.1, 0.15) is 0 Å². The van der Waals surface area contributed by atoms with Crippen LogP contribution in [0.1, 0.15) is 30.9 Å². The Kier molecular flexibility index (Phi) is 3.32. The van der Waals surface area contributed by atoms with Crippen LogP contribution in [0.15, 0.2) is 18.2 Å². The SMILES string of the molecule is Clc1cccc([C@H]2CCCCN2)c1Cl. The largest absolute Gasteiger partial charge is 0.310 e. The predicted octanol–water partition coefficient (Wildman–Crippen LogP) is 3.81. The van der Waals surface area contributed by atoms with Gasteiger partial charge in [0.2, 0.25) is 0 Å². The van der Waals surface area contributed by atoms with E-state index in [2.05, 4.69) is 11.4 Å². The van der Waals surface area contributed by atoms with Crippen molar-refractivity contribution in [1.82, 2.24) is 5.32 Å². The maximum atomic E-state index is 6.15. The summed E-state index contributed by atoms with van der Waals surface area (Å²) >= 11 is 12.1. The Bertz CT molecular complexity index is 319. The van der Waals surface area contributed by atoms with Gasteiger partial charge in [-0.25, -0.2) is 0 Å². The predicted molar refractivity (Wildman–Crippen MR) is 61.1 cm³/mol. The summed E-state index contributed by atoms with van der Waals surface area (Å²) in [6.45, 7) is 1.08. The Hall–Kier alpha value is -0.240. The van der Waals surface area contributed by atoms with Gasteiger partial charge in [-0.05, 0) is 31.0 Å². The Balaban J connectivity index is 2.26. The lowest BCUT2D eigenvalue weighted by molar-refractivity contribution is 0.412. The molecule has 1 aliphatic heterocycles. The van der Waals surface area contributed by atoms with E-state index in [1.165, 1.54) is 12.8 Å². The molecular weight excluding hydrogens is 217 g/mol. The molecule has 1 saturated heterocycles. The van der Waals surface area contributed by atoms with E-state index < -0.39 is 0 Å². The Morgan fingerprint density at radius 1 is 1.21 bits per heavy atom. The first-order valence-corrected chi connectivity index (χ1v) is 5.72. The summed E-state index contributed by atoms with van der Waals surface area (Å²) in [6, 6.07) is 6.22. The second-order valence-electron chi connectivity index (χ2n) is 3.65. The monoisotopic (exact) mass is 229 g/mol. The lowest BCUT2D eigenvalue weighted by Gasteiger charge is -2.24. The molecule has 76 valence electrons. The summed E-state index contributed by atoms with van der Waals surface area (Å²) in [5, 5.41) is 4.81. The molecule has 0 saturated carbocycles. The molecule has 1 aliphatic rings. The van der Waals surface area contributed by atoms with Crippen molar-refractivity contribution in [2.24, 2.45) is 0 Å². The number of rotatable bonds is 1. The van der Waals surface area contributed by atoms with Crippen molar-refractivity contribution in [2.45, 2.75) is 25.3 Å². The third-order valence-electron chi connectivity index (χ3n) is 2.67. The molecule has 1 aromatic rings. The smallest absolute Gasteiger partial charge is 0.0640 e. The lowest BCUT2D eigenvalue weighted by atomic mass is 9.97. The highest BCUT2D eigenvalue weighted by Crippen LogP contribution is 2.33. The van der Waals surface area contributed by atoms with Crippen LogP contribution in [0.25, 0.3) is 0 Å². The third kappa shape index (κ3) is 2.05. The summed E-state index contributed by atoms with van der Waals surface area (Å²) in [5.74, 6) is 0. The fourth-order valence-electron chi connectivity index (χ4n) is 1.91. The lowest BCUT2D eigenvalue weighted by Crippen LogP contribution is -2.26. The van der Waals surface area contributed by atoms with E-state index in [0.29, 0.717) is 16.1 Å². The molecule has 1 fully saturated rings. The first kappa shape index (κ1) is 10.3. The number of benzene rings is 1. The molecule has 1 aromatic carbocycles. The zero-order chi connectivity index (χ0) is 9.97. The maximum absolute atomic E-state index is 6.15. The van der Waals surface area contributed by atoms with Crippen molar-refractivity contribution < 1.29 is 0 Å². The van der Waals surface area contributed by atoms with Gasteiger partial charge in [0.05, 0.1) is 10.0 Å². The van der Waals surface area contributed by atoms with Gasteiger partial charge >= 0.3 is 0 Å². The van der Waals surface area contributed by atoms with Gasteiger partial charge in [0.15, 0.2) is 0 Å². The van der Waals surface area contributed by atoms with Gasteiger partial charge in [-0.3, -0.25) is 0 Å². The minimum atomic E-state index is 0.384. The average molecular weight is 230 g/mol. The Labute approximate surface area is 94.4 Å². The second-order valence-corrected chi connectivity index (χ2v) is 4.43. The summed E-state index contributed by atoms with van der Waals surface area (Å²) in [7, 11) is 0. The summed E-state index contributed by atoms with van der Waals surface area (Å²) in [5.41, 5.74) is 1.14. The number of hydrogen-bond acceptors (Lipinski definition) is 1. The molecule has 0 amide bonds. The van der Waals surface area contributed by atoms with Crippen molar-refractivity contribution in [2.75, 3.05) is 6.54 Å². The molecule has 0 spiro atoms. The van der Waals surface area contributed by atoms with E-state index in [1.54, 1.807) is 0 Å². The van der Waals surface area contributed by atoms with Gasteiger partial charge in [0, 0.05) is 6.04 Å². The minimum Gasteiger partial charge on any atom is -0.310 e. The molecule has 1 nitrogen and oxygen atoms in total. The standard InChI is InChI=1S/C11H13Cl2N/c12-9-5-3-4-8(11(9)13)10-6-1-2-7-14-10/h3-5,10,14H,1-2,6-7H2/t10-/m1/s1. The van der Waals surface area contributed by atoms with Crippen molar-refractivity contribution in [3.8, 4) is 0 Å². The molecule has 0 bridgehead atoms. The first-order valence-electron chi connectivity index (χ1n) is 4.96. The van der Waals surface area contributed by atoms with Crippen molar-refractivity contribution >= 4 is 23.2 Å². The van der Waals surface area contributed by atoms with Gasteiger partial charge in [0.25, 0.3) is 0 Å². The fourth-order valence-corrected chi connectivity index (χ4v) is 2.35. The number of piperidine rings is 1. The van der Waals surface area contributed by atoms with Crippen LogP contribution in [0.4, 0.5) is 0 Å². The summed E-state index contributed by atoms with van der Waals surface area (Å²) in [4.78, 5) is 0. The molecule has 2 rings (SSSR count). The maximum Gasteiger partial charge on any atom is 0.0640 e. The molecule has 0 unspecified atom stereocenters. The Morgan fingerprint density at radius 2 is 2.07 bits per heavy atom. The van der Waals surface area contributed by atoms with E-state index in [1.807, 2.05) is 12.1 Å². The van der Waals surface area contributed by atoms with Crippen LogP contribution < -0.4 is 5.32 Å². The minimum absolute atomic E-state index is 0.384. The molecule has 1 heterocycles. The van der Waals surface area contributed by atoms with E-state index >= 15 is 0 Å². The second kappa shape index (κ2) is 4.52. The van der Waals surface area contributed by atoms with Gasteiger partial charge in [-0.15, -0.1) is 0 Å². The number of halogens is 2. The molecule has 1 N–H and O–H groups in total. The van der Waals surface area contributed by atoms with Gasteiger partial charge in [-0.2, -0.15) is 0 Å². The molecule has 1 atom stereocenters. The molecule has 3 heteroatoms. The third-order valence-corrected chi connectivity index (χ3v) is 3.50. The van der Waals surface area contributed by atoms with Crippen LogP contribution in [0.2, 0.25) is 10.0 Å². The van der Waals surface area contributed by atoms with Crippen molar-refractivity contribution in [1.29, 1.82) is 0 Å². The van der Waals surface area contributed by atoms with Gasteiger partial charge < -0.3 is 5.32 Å². The Morgan fingerprint density at radius 3 is 2.79 bits per heavy atom. The molecule has 0 aliphatic carbocycles. The van der Waals surface area contributed by atoms with Crippen LogP contribution in [0.3, 0.4) is 0 Å². The fraction of sp³-hybridized carbons (Fsp3) is 0.455. The molecule has 0 aromatic heterocycles. The molecule has 14 heavy (non-hydrogen) atoms. The highest BCUT2D eigenvalue weighted by atomic mass is 35.5. The van der Waals surface area contributed by atoms with Crippen molar-refractivity contribution in [3.63, 3.8) is 0 Å². The van der Waals surface area contributed by atoms with Crippen LogP contribution in [-0.2, 0) is 0 Å². The number of nitrogens with one attached hydrogen (secondary N) is 1. The first-order chi connectivity index (χ1) is 6.79.